The molecule has 0 saturated carbocycles. The van der Waals surface area contributed by atoms with Crippen LogP contribution in [-0.2, 0) is 4.79 Å². The number of carbonyl (C=O) groups is 1. The zero-order valence-corrected chi connectivity index (χ0v) is 15.6. The smallest absolute Gasteiger partial charge is 0.315 e. The fourth-order valence-electron chi connectivity index (χ4n) is 2.36. The van der Waals surface area contributed by atoms with Gasteiger partial charge >= 0.3 is 5.69 Å². The fourth-order valence-corrected chi connectivity index (χ4v) is 2.36. The van der Waals surface area contributed by atoms with Gasteiger partial charge in [0.25, 0.3) is 5.91 Å². The average Bonchev–Trinajstić information content (AvgIpc) is 2.73. The van der Waals surface area contributed by atoms with Gasteiger partial charge in [-0.25, -0.2) is 0 Å². The van der Waals surface area contributed by atoms with Crippen LogP contribution in [0.5, 0.6) is 17.2 Å². The highest BCUT2D eigenvalue weighted by atomic mass is 16.6. The van der Waals surface area contributed by atoms with E-state index in [0.717, 1.165) is 24.1 Å². The van der Waals surface area contributed by atoms with Crippen LogP contribution in [0.25, 0.3) is 5.76 Å². The lowest BCUT2D eigenvalue weighted by atomic mass is 10.1. The van der Waals surface area contributed by atoms with Crippen LogP contribution in [0.15, 0.2) is 36.2 Å². The zero-order chi connectivity index (χ0) is 21.7. The van der Waals surface area contributed by atoms with Crippen molar-refractivity contribution < 1.29 is 29.4 Å². The van der Waals surface area contributed by atoms with Gasteiger partial charge in [-0.3, -0.25) is 19.9 Å². The molecule has 29 heavy (non-hydrogen) atoms. The third-order valence-corrected chi connectivity index (χ3v) is 3.93. The Kier molecular flexibility index (Phi) is 6.20. The number of anilines is 1. The van der Waals surface area contributed by atoms with Gasteiger partial charge in [-0.05, 0) is 6.07 Å². The summed E-state index contributed by atoms with van der Waals surface area (Å²) >= 11 is 0. The van der Waals surface area contributed by atoms with E-state index in [2.05, 4.69) is 4.98 Å². The van der Waals surface area contributed by atoms with Gasteiger partial charge in [0.2, 0.25) is 5.75 Å². The maximum atomic E-state index is 12.7. The summed E-state index contributed by atoms with van der Waals surface area (Å²) in [5, 5.41) is 40.8. The molecule has 11 nitrogen and oxygen atoms in total. The first-order valence-electron chi connectivity index (χ1n) is 7.91. The van der Waals surface area contributed by atoms with Gasteiger partial charge in [-0.15, -0.1) is 0 Å². The number of aromatic nitrogens is 1. The molecule has 0 radical (unpaired) electrons. The summed E-state index contributed by atoms with van der Waals surface area (Å²) in [6.07, 6.45) is 2.77. The highest BCUT2D eigenvalue weighted by molar-refractivity contribution is 6.12. The van der Waals surface area contributed by atoms with Crippen molar-refractivity contribution in [3.8, 4) is 23.3 Å². The number of nitro benzene ring substituents is 1. The molecule has 0 unspecified atom stereocenters. The van der Waals surface area contributed by atoms with E-state index < -0.39 is 33.6 Å². The van der Waals surface area contributed by atoms with Crippen LogP contribution < -0.4 is 14.4 Å². The highest BCUT2D eigenvalue weighted by Crippen LogP contribution is 2.39. The third-order valence-electron chi connectivity index (χ3n) is 3.93. The number of likely N-dealkylation sites (N-methyl/N-ethyl adjacent to an activating group) is 1. The number of aliphatic hydroxyl groups excluding tert-OH is 1. The van der Waals surface area contributed by atoms with E-state index in [0.29, 0.717) is 5.75 Å². The number of aromatic hydroxyl groups is 1. The van der Waals surface area contributed by atoms with E-state index in [4.69, 9.17) is 9.47 Å². The van der Waals surface area contributed by atoms with Crippen molar-refractivity contribution in [2.24, 2.45) is 0 Å². The molecule has 1 heterocycles. The highest BCUT2D eigenvalue weighted by Gasteiger charge is 2.26. The molecule has 0 saturated heterocycles. The van der Waals surface area contributed by atoms with Crippen LogP contribution in [-0.4, -0.2) is 47.3 Å². The van der Waals surface area contributed by atoms with Crippen LogP contribution in [0, 0.1) is 21.4 Å². The molecule has 2 aromatic rings. The van der Waals surface area contributed by atoms with Crippen molar-refractivity contribution >= 4 is 23.0 Å². The number of benzene rings is 1. The van der Waals surface area contributed by atoms with Gasteiger partial charge in [0.05, 0.1) is 37.2 Å². The van der Waals surface area contributed by atoms with E-state index in [1.807, 2.05) is 0 Å². The largest absolute Gasteiger partial charge is 0.506 e. The lowest BCUT2D eigenvalue weighted by Crippen LogP contribution is -2.28. The molecule has 0 fully saturated rings. The van der Waals surface area contributed by atoms with E-state index >= 15 is 0 Å². The second kappa shape index (κ2) is 8.57. The molecule has 0 spiro atoms. The number of rotatable bonds is 6. The number of hydrogen-bond donors (Lipinski definition) is 2. The number of ether oxygens (including phenoxy) is 2. The first-order chi connectivity index (χ1) is 13.7. The average molecular weight is 400 g/mol. The molecule has 0 aliphatic heterocycles. The van der Waals surface area contributed by atoms with Gasteiger partial charge in [0.15, 0.2) is 11.3 Å². The van der Waals surface area contributed by atoms with Gasteiger partial charge in [-0.2, -0.15) is 5.26 Å². The number of nitriles is 1. The molecule has 0 aliphatic carbocycles. The lowest BCUT2D eigenvalue weighted by Gasteiger charge is -2.17. The molecular weight excluding hydrogens is 384 g/mol. The standard InChI is InChI=1S/C18H16N4O7/c1-21(11-6-12(28-2)9-20-8-11)18(25)13(7-19)16(23)10-4-14(22(26)27)17(24)15(5-10)29-3/h4-6,8-9,23-24H,1-3H3/b16-13-. The quantitative estimate of drug-likeness (QED) is 0.243. The fraction of sp³-hybridized carbons (Fsp3) is 0.167. The van der Waals surface area contributed by atoms with Crippen LogP contribution in [0.4, 0.5) is 11.4 Å². The predicted octanol–water partition coefficient (Wildman–Crippen LogP) is 2.17. The molecule has 2 rings (SSSR count). The van der Waals surface area contributed by atoms with E-state index in [-0.39, 0.29) is 17.0 Å². The summed E-state index contributed by atoms with van der Waals surface area (Å²) in [5.74, 6) is -2.40. The number of nitro groups is 1. The molecule has 150 valence electrons. The Morgan fingerprint density at radius 3 is 2.52 bits per heavy atom. The minimum absolute atomic E-state index is 0.256. The van der Waals surface area contributed by atoms with Crippen molar-refractivity contribution in [3.05, 3.63) is 51.8 Å². The molecule has 1 aromatic heterocycles. The van der Waals surface area contributed by atoms with Crippen molar-refractivity contribution in [1.82, 2.24) is 4.98 Å². The number of methoxy groups -OCH3 is 2. The molecular formula is C18H16N4O7. The molecule has 1 aromatic carbocycles. The van der Waals surface area contributed by atoms with Gasteiger partial charge in [0, 0.05) is 24.7 Å². The van der Waals surface area contributed by atoms with E-state index in [1.54, 1.807) is 6.07 Å². The number of phenols is 1. The van der Waals surface area contributed by atoms with E-state index in [9.17, 15) is 30.4 Å². The molecule has 0 atom stereocenters. The zero-order valence-electron chi connectivity index (χ0n) is 15.6. The maximum absolute atomic E-state index is 12.7. The number of pyridine rings is 1. The second-order valence-corrected chi connectivity index (χ2v) is 5.59. The van der Waals surface area contributed by atoms with Crippen molar-refractivity contribution in [2.45, 2.75) is 0 Å². The lowest BCUT2D eigenvalue weighted by molar-refractivity contribution is -0.386. The van der Waals surface area contributed by atoms with Crippen LogP contribution in [0.3, 0.4) is 0 Å². The number of nitrogens with zero attached hydrogens (tertiary/aromatic N) is 4. The van der Waals surface area contributed by atoms with Crippen molar-refractivity contribution in [1.29, 1.82) is 5.26 Å². The van der Waals surface area contributed by atoms with Crippen molar-refractivity contribution in [3.63, 3.8) is 0 Å². The maximum Gasteiger partial charge on any atom is 0.315 e. The Labute approximate surface area is 164 Å². The first kappa shape index (κ1) is 21.0. The molecule has 0 bridgehead atoms. The molecule has 1 amide bonds. The Morgan fingerprint density at radius 1 is 1.28 bits per heavy atom. The van der Waals surface area contributed by atoms with Crippen LogP contribution in [0.2, 0.25) is 0 Å². The van der Waals surface area contributed by atoms with Crippen LogP contribution >= 0.6 is 0 Å². The SMILES string of the molecule is COc1cncc(N(C)C(=O)/C(C#N)=C(\O)c2cc(OC)c(O)c([N+](=O)[O-])c2)c1. The number of hydrogen-bond acceptors (Lipinski definition) is 9. The Morgan fingerprint density at radius 2 is 1.97 bits per heavy atom. The van der Waals surface area contributed by atoms with Gasteiger partial charge < -0.3 is 24.6 Å². The summed E-state index contributed by atoms with van der Waals surface area (Å²) < 4.78 is 9.89. The molecule has 11 heteroatoms. The van der Waals surface area contributed by atoms with Crippen molar-refractivity contribution in [2.75, 3.05) is 26.2 Å². The topological polar surface area (TPSA) is 159 Å². The predicted molar refractivity (Wildman–Crippen MR) is 101 cm³/mol. The second-order valence-electron chi connectivity index (χ2n) is 5.59. The Hall–Kier alpha value is -4.33. The number of aliphatic hydroxyl groups is 1. The first-order valence-corrected chi connectivity index (χ1v) is 7.91. The number of amides is 1. The monoisotopic (exact) mass is 400 g/mol. The molecule has 0 aliphatic rings. The van der Waals surface area contributed by atoms with Gasteiger partial charge in [-0.1, -0.05) is 0 Å². The molecule has 2 N–H and O–H groups in total. The normalized spacial score (nSPS) is 11.1. The number of carbonyl (C=O) groups excluding carboxylic acids is 1. The summed E-state index contributed by atoms with van der Waals surface area (Å²) in [6.45, 7) is 0. The van der Waals surface area contributed by atoms with Gasteiger partial charge in [0.1, 0.15) is 17.6 Å². The number of phenolic OH excluding ortho intramolecular Hbond substituents is 1. The Balaban J connectivity index is 2.56. The summed E-state index contributed by atoms with van der Waals surface area (Å²) in [6, 6.07) is 4.97. The summed E-state index contributed by atoms with van der Waals surface area (Å²) in [7, 11) is 3.92. The summed E-state index contributed by atoms with van der Waals surface area (Å²) in [5.41, 5.74) is -1.42. The summed E-state index contributed by atoms with van der Waals surface area (Å²) in [4.78, 5) is 27.9. The Bertz CT molecular complexity index is 1040. The van der Waals surface area contributed by atoms with E-state index in [1.165, 1.54) is 32.6 Å². The van der Waals surface area contributed by atoms with Crippen LogP contribution in [0.1, 0.15) is 5.56 Å². The minimum Gasteiger partial charge on any atom is -0.506 e. The minimum atomic E-state index is -0.894. The third kappa shape index (κ3) is 4.16.